The van der Waals surface area contributed by atoms with Crippen LogP contribution in [0.4, 0.5) is 4.39 Å². The lowest BCUT2D eigenvalue weighted by Crippen LogP contribution is -2.16. The van der Waals surface area contributed by atoms with Crippen molar-refractivity contribution in [2.24, 2.45) is 5.92 Å². The van der Waals surface area contributed by atoms with E-state index in [-0.39, 0.29) is 18.3 Å². The minimum atomic E-state index is -0.228. The van der Waals surface area contributed by atoms with Gasteiger partial charge >= 0.3 is 0 Å². The number of nitrogens with zero attached hydrogens (tertiary/aromatic N) is 2. The maximum Gasteiger partial charge on any atom is 0.123 e. The van der Waals surface area contributed by atoms with Gasteiger partial charge in [-0.25, -0.2) is 4.39 Å². The van der Waals surface area contributed by atoms with Gasteiger partial charge in [0.15, 0.2) is 0 Å². The fraction of sp³-hybridized carbons (Fsp3) is 0.438. The van der Waals surface area contributed by atoms with E-state index in [1.165, 1.54) is 12.1 Å². The first-order valence-corrected chi connectivity index (χ1v) is 7.01. The zero-order chi connectivity index (χ0) is 14.5. The van der Waals surface area contributed by atoms with Crippen LogP contribution in [0.25, 0.3) is 0 Å². The van der Waals surface area contributed by atoms with Crippen molar-refractivity contribution in [1.29, 1.82) is 0 Å². The number of hydrogen-bond donors (Lipinski definition) is 1. The van der Waals surface area contributed by atoms with Gasteiger partial charge in [0, 0.05) is 18.8 Å². The molecule has 2 rings (SSSR count). The highest BCUT2D eigenvalue weighted by molar-refractivity contribution is 5.18. The lowest BCUT2D eigenvalue weighted by Gasteiger charge is -2.15. The largest absolute Gasteiger partial charge is 0.396 e. The summed E-state index contributed by atoms with van der Waals surface area (Å²) in [4.78, 5) is 0. The van der Waals surface area contributed by atoms with Crippen molar-refractivity contribution in [1.82, 2.24) is 9.78 Å². The molecule has 20 heavy (non-hydrogen) atoms. The van der Waals surface area contributed by atoms with Crippen molar-refractivity contribution < 1.29 is 9.50 Å². The Morgan fingerprint density at radius 1 is 1.30 bits per heavy atom. The molecule has 0 spiro atoms. The summed E-state index contributed by atoms with van der Waals surface area (Å²) < 4.78 is 15.2. The van der Waals surface area contributed by atoms with E-state index in [0.717, 1.165) is 29.9 Å². The van der Waals surface area contributed by atoms with Crippen molar-refractivity contribution in [2.75, 3.05) is 6.61 Å². The fourth-order valence-corrected chi connectivity index (χ4v) is 2.53. The van der Waals surface area contributed by atoms with Crippen molar-refractivity contribution in [3.63, 3.8) is 0 Å². The molecule has 0 saturated heterocycles. The number of aryl methyl sites for hydroxylation is 2. The summed E-state index contributed by atoms with van der Waals surface area (Å²) in [5.74, 6) is -0.146. The van der Waals surface area contributed by atoms with Gasteiger partial charge in [0.2, 0.25) is 0 Å². The van der Waals surface area contributed by atoms with Crippen LogP contribution in [-0.2, 0) is 19.4 Å². The molecule has 2 aromatic rings. The average molecular weight is 276 g/mol. The van der Waals surface area contributed by atoms with E-state index in [1.54, 1.807) is 6.07 Å². The predicted octanol–water partition coefficient (Wildman–Crippen LogP) is 2.74. The number of halogens is 1. The van der Waals surface area contributed by atoms with E-state index >= 15 is 0 Å². The topological polar surface area (TPSA) is 38.0 Å². The van der Waals surface area contributed by atoms with E-state index in [2.05, 4.69) is 18.1 Å². The fourth-order valence-electron chi connectivity index (χ4n) is 2.53. The van der Waals surface area contributed by atoms with Crippen molar-refractivity contribution in [3.8, 4) is 0 Å². The van der Waals surface area contributed by atoms with Crippen LogP contribution >= 0.6 is 0 Å². The van der Waals surface area contributed by atoms with Crippen LogP contribution in [0.2, 0.25) is 0 Å². The Hall–Kier alpha value is -1.68. The molecular formula is C16H21FN2O. The molecule has 0 aliphatic heterocycles. The molecule has 3 nitrogen and oxygen atoms in total. The third kappa shape index (κ3) is 3.67. The van der Waals surface area contributed by atoms with Gasteiger partial charge in [-0.05, 0) is 56.4 Å². The Morgan fingerprint density at radius 3 is 2.75 bits per heavy atom. The van der Waals surface area contributed by atoms with Crippen LogP contribution in [0.15, 0.2) is 30.3 Å². The van der Waals surface area contributed by atoms with Gasteiger partial charge in [-0.2, -0.15) is 5.10 Å². The third-order valence-corrected chi connectivity index (χ3v) is 3.45. The molecule has 108 valence electrons. The first-order chi connectivity index (χ1) is 9.62. The van der Waals surface area contributed by atoms with Gasteiger partial charge in [0.05, 0.1) is 5.69 Å². The van der Waals surface area contributed by atoms with E-state index < -0.39 is 0 Å². The van der Waals surface area contributed by atoms with Crippen LogP contribution in [0, 0.1) is 18.7 Å². The average Bonchev–Trinajstić information content (AvgIpc) is 2.78. The number of aliphatic hydroxyl groups is 1. The Morgan fingerprint density at radius 2 is 2.10 bits per heavy atom. The van der Waals surface area contributed by atoms with Crippen LogP contribution in [0.1, 0.15) is 23.9 Å². The Bertz CT molecular complexity index is 565. The van der Waals surface area contributed by atoms with Gasteiger partial charge in [-0.3, -0.25) is 4.68 Å². The number of benzene rings is 1. The Labute approximate surface area is 119 Å². The van der Waals surface area contributed by atoms with Gasteiger partial charge in [-0.1, -0.05) is 12.1 Å². The van der Waals surface area contributed by atoms with Gasteiger partial charge in [0.1, 0.15) is 5.82 Å². The summed E-state index contributed by atoms with van der Waals surface area (Å²) in [6.45, 7) is 4.93. The predicted molar refractivity (Wildman–Crippen MR) is 77.0 cm³/mol. The van der Waals surface area contributed by atoms with Crippen LogP contribution in [0.5, 0.6) is 0 Å². The van der Waals surface area contributed by atoms with E-state index in [9.17, 15) is 9.50 Å². The molecule has 0 radical (unpaired) electrons. The maximum absolute atomic E-state index is 13.2. The molecular weight excluding hydrogens is 255 g/mol. The molecule has 0 amide bonds. The molecule has 0 aliphatic carbocycles. The SMILES string of the molecule is CCn1nc(C)cc1CC(CO)Cc1cccc(F)c1. The molecule has 1 aromatic heterocycles. The van der Waals surface area contributed by atoms with Crippen molar-refractivity contribution >= 4 is 0 Å². The summed E-state index contributed by atoms with van der Waals surface area (Å²) in [6.07, 6.45) is 1.42. The first kappa shape index (κ1) is 14.7. The highest BCUT2D eigenvalue weighted by Gasteiger charge is 2.14. The highest BCUT2D eigenvalue weighted by atomic mass is 19.1. The van der Waals surface area contributed by atoms with Gasteiger partial charge < -0.3 is 5.11 Å². The minimum Gasteiger partial charge on any atom is -0.396 e. The first-order valence-electron chi connectivity index (χ1n) is 7.01. The quantitative estimate of drug-likeness (QED) is 0.881. The number of aliphatic hydroxyl groups excluding tert-OH is 1. The van der Waals surface area contributed by atoms with E-state index in [1.807, 2.05) is 17.7 Å². The summed E-state index contributed by atoms with van der Waals surface area (Å²) in [7, 11) is 0. The summed E-state index contributed by atoms with van der Waals surface area (Å²) in [5, 5.41) is 14.0. The van der Waals surface area contributed by atoms with Gasteiger partial charge in [0.25, 0.3) is 0 Å². The third-order valence-electron chi connectivity index (χ3n) is 3.45. The Kier molecular flexibility index (Phi) is 4.90. The molecule has 0 aliphatic rings. The zero-order valence-corrected chi connectivity index (χ0v) is 12.0. The lowest BCUT2D eigenvalue weighted by molar-refractivity contribution is 0.222. The second-order valence-corrected chi connectivity index (χ2v) is 5.18. The Balaban J connectivity index is 2.08. The monoisotopic (exact) mass is 276 g/mol. The van der Waals surface area contributed by atoms with Crippen molar-refractivity contribution in [2.45, 2.75) is 33.2 Å². The molecule has 0 bridgehead atoms. The normalized spacial score (nSPS) is 12.6. The van der Waals surface area contributed by atoms with E-state index in [0.29, 0.717) is 6.42 Å². The van der Waals surface area contributed by atoms with Crippen LogP contribution < -0.4 is 0 Å². The summed E-state index contributed by atoms with van der Waals surface area (Å²) in [6, 6.07) is 8.63. The minimum absolute atomic E-state index is 0.0817. The van der Waals surface area contributed by atoms with Crippen LogP contribution in [-0.4, -0.2) is 21.5 Å². The van der Waals surface area contributed by atoms with Crippen molar-refractivity contribution in [3.05, 3.63) is 53.1 Å². The second-order valence-electron chi connectivity index (χ2n) is 5.18. The molecule has 1 atom stereocenters. The molecule has 0 saturated carbocycles. The summed E-state index contributed by atoms with van der Waals surface area (Å²) >= 11 is 0. The smallest absolute Gasteiger partial charge is 0.123 e. The number of aromatic nitrogens is 2. The molecule has 1 heterocycles. The molecule has 4 heteroatoms. The maximum atomic E-state index is 13.2. The van der Waals surface area contributed by atoms with E-state index in [4.69, 9.17) is 0 Å². The second kappa shape index (κ2) is 6.66. The van der Waals surface area contributed by atoms with Crippen LogP contribution in [0.3, 0.4) is 0 Å². The number of hydrogen-bond acceptors (Lipinski definition) is 2. The molecule has 1 aromatic carbocycles. The molecule has 1 unspecified atom stereocenters. The van der Waals surface area contributed by atoms with Gasteiger partial charge in [-0.15, -0.1) is 0 Å². The zero-order valence-electron chi connectivity index (χ0n) is 12.0. The molecule has 0 fully saturated rings. The molecule has 1 N–H and O–H groups in total. The highest BCUT2D eigenvalue weighted by Crippen LogP contribution is 2.16. The number of rotatable bonds is 6. The lowest BCUT2D eigenvalue weighted by atomic mass is 9.95. The standard InChI is InChI=1S/C16H21FN2O/c1-3-19-16(7-12(2)18-19)10-14(11-20)8-13-5-4-6-15(17)9-13/h4-7,9,14,20H,3,8,10-11H2,1-2H3. The summed E-state index contributed by atoms with van der Waals surface area (Å²) in [5.41, 5.74) is 3.04.